The second-order valence-corrected chi connectivity index (χ2v) is 5.91. The number of likely N-dealkylation sites (N-methyl/N-ethyl adjacent to an activating group) is 1. The normalized spacial score (nSPS) is 22.6. The highest BCUT2D eigenvalue weighted by Crippen LogP contribution is 2.15. The third kappa shape index (κ3) is 3.81. The van der Waals surface area contributed by atoms with E-state index >= 15 is 0 Å². The zero-order valence-electron chi connectivity index (χ0n) is 11.9. The maximum atomic E-state index is 12.6. The van der Waals surface area contributed by atoms with Crippen LogP contribution in [-0.2, 0) is 16.1 Å². The van der Waals surface area contributed by atoms with E-state index in [0.29, 0.717) is 19.7 Å². The number of nitrogens with one attached hydrogen (secondary N) is 1. The van der Waals surface area contributed by atoms with Crippen LogP contribution in [0.4, 0.5) is 0 Å². The van der Waals surface area contributed by atoms with E-state index in [1.807, 2.05) is 43.0 Å². The van der Waals surface area contributed by atoms with Crippen LogP contribution in [0.3, 0.4) is 0 Å². The van der Waals surface area contributed by atoms with Crippen molar-refractivity contribution in [1.29, 1.82) is 0 Å². The molecule has 0 radical (unpaired) electrons. The van der Waals surface area contributed by atoms with Crippen molar-refractivity contribution in [2.75, 3.05) is 19.7 Å². The van der Waals surface area contributed by atoms with Gasteiger partial charge in [-0.1, -0.05) is 28.1 Å². The Labute approximate surface area is 128 Å². The van der Waals surface area contributed by atoms with Gasteiger partial charge in [-0.05, 0) is 31.5 Å². The van der Waals surface area contributed by atoms with E-state index in [1.54, 1.807) is 0 Å². The van der Waals surface area contributed by atoms with Crippen LogP contribution < -0.4 is 5.32 Å². The van der Waals surface area contributed by atoms with Crippen molar-refractivity contribution >= 4 is 21.8 Å². The molecule has 1 heterocycles. The molecule has 0 bridgehead atoms. The summed E-state index contributed by atoms with van der Waals surface area (Å²) in [6.45, 7) is 6.67. The van der Waals surface area contributed by atoms with Crippen LogP contribution in [0.1, 0.15) is 19.4 Å². The minimum Gasteiger partial charge on any atom is -0.375 e. The van der Waals surface area contributed by atoms with Gasteiger partial charge in [0.05, 0.1) is 12.7 Å². The number of hydrogen-bond acceptors (Lipinski definition) is 3. The van der Waals surface area contributed by atoms with Crippen LogP contribution in [0, 0.1) is 0 Å². The molecule has 1 aliphatic heterocycles. The molecule has 1 saturated heterocycles. The van der Waals surface area contributed by atoms with E-state index in [0.717, 1.165) is 16.6 Å². The minimum atomic E-state index is -0.240. The third-order valence-electron chi connectivity index (χ3n) is 3.54. The van der Waals surface area contributed by atoms with Crippen molar-refractivity contribution in [2.45, 2.75) is 32.5 Å². The summed E-state index contributed by atoms with van der Waals surface area (Å²) in [5, 5.41) is 3.26. The van der Waals surface area contributed by atoms with Gasteiger partial charge in [0.15, 0.2) is 0 Å². The Morgan fingerprint density at radius 2 is 2.35 bits per heavy atom. The van der Waals surface area contributed by atoms with Gasteiger partial charge in [0, 0.05) is 24.1 Å². The van der Waals surface area contributed by atoms with E-state index in [2.05, 4.69) is 21.2 Å². The molecule has 0 saturated carbocycles. The predicted molar refractivity (Wildman–Crippen MR) is 82.4 cm³/mol. The summed E-state index contributed by atoms with van der Waals surface area (Å²) in [5.41, 5.74) is 1.12. The Hall–Kier alpha value is -0.910. The molecule has 1 fully saturated rings. The first-order valence-corrected chi connectivity index (χ1v) is 7.79. The topological polar surface area (TPSA) is 41.6 Å². The fourth-order valence-corrected chi connectivity index (χ4v) is 2.85. The Morgan fingerprint density at radius 1 is 1.55 bits per heavy atom. The number of benzene rings is 1. The lowest BCUT2D eigenvalue weighted by atomic mass is 10.1. The molecular weight excluding hydrogens is 320 g/mol. The Morgan fingerprint density at radius 3 is 3.00 bits per heavy atom. The van der Waals surface area contributed by atoms with E-state index < -0.39 is 0 Å². The van der Waals surface area contributed by atoms with E-state index in [9.17, 15) is 4.79 Å². The van der Waals surface area contributed by atoms with Crippen LogP contribution in [0.25, 0.3) is 0 Å². The van der Waals surface area contributed by atoms with Crippen LogP contribution in [0.5, 0.6) is 0 Å². The van der Waals surface area contributed by atoms with Gasteiger partial charge in [0.25, 0.3) is 0 Å². The Bertz CT molecular complexity index is 467. The number of carbonyl (C=O) groups excluding carboxylic acids is 1. The van der Waals surface area contributed by atoms with Crippen molar-refractivity contribution in [2.24, 2.45) is 0 Å². The number of ether oxygens (including phenoxy) is 1. The summed E-state index contributed by atoms with van der Waals surface area (Å²) in [6.07, 6.45) is -0.0761. The molecule has 5 heteroatoms. The van der Waals surface area contributed by atoms with Gasteiger partial charge < -0.3 is 15.0 Å². The number of rotatable bonds is 4. The standard InChI is InChI=1S/C15H21BrN2O2/c1-3-18(10-12-5-4-6-13(16)9-12)15(19)14-11(2)20-8-7-17-14/h4-6,9,11,14,17H,3,7-8,10H2,1-2H3/t11-,14+/m1/s1. The SMILES string of the molecule is CCN(Cc1cccc(Br)c1)C(=O)[C@H]1NCCO[C@@H]1C. The largest absolute Gasteiger partial charge is 0.375 e. The van der Waals surface area contributed by atoms with Gasteiger partial charge in [-0.15, -0.1) is 0 Å². The average molecular weight is 341 g/mol. The number of nitrogens with zero attached hydrogens (tertiary/aromatic N) is 1. The summed E-state index contributed by atoms with van der Waals surface area (Å²) in [7, 11) is 0. The molecule has 20 heavy (non-hydrogen) atoms. The van der Waals surface area contributed by atoms with Gasteiger partial charge >= 0.3 is 0 Å². The number of hydrogen-bond donors (Lipinski definition) is 1. The second kappa shape index (κ2) is 7.20. The molecule has 1 aromatic rings. The molecule has 1 aliphatic rings. The zero-order valence-corrected chi connectivity index (χ0v) is 13.5. The quantitative estimate of drug-likeness (QED) is 0.913. The van der Waals surface area contributed by atoms with Crippen molar-refractivity contribution in [3.8, 4) is 0 Å². The Balaban J connectivity index is 2.05. The first-order chi connectivity index (χ1) is 9.61. The molecule has 0 aliphatic carbocycles. The highest BCUT2D eigenvalue weighted by atomic mass is 79.9. The van der Waals surface area contributed by atoms with E-state index in [-0.39, 0.29) is 18.1 Å². The molecule has 110 valence electrons. The van der Waals surface area contributed by atoms with Gasteiger partial charge in [-0.25, -0.2) is 0 Å². The van der Waals surface area contributed by atoms with Gasteiger partial charge in [-0.2, -0.15) is 0 Å². The molecule has 0 unspecified atom stereocenters. The summed E-state index contributed by atoms with van der Waals surface area (Å²) in [4.78, 5) is 14.5. The lowest BCUT2D eigenvalue weighted by molar-refractivity contribution is -0.139. The maximum Gasteiger partial charge on any atom is 0.242 e. The Kier molecular flexibility index (Phi) is 5.57. The first-order valence-electron chi connectivity index (χ1n) is 7.00. The number of carbonyl (C=O) groups is 1. The highest BCUT2D eigenvalue weighted by Gasteiger charge is 2.31. The second-order valence-electron chi connectivity index (χ2n) is 4.99. The average Bonchev–Trinajstić information content (AvgIpc) is 2.44. The lowest BCUT2D eigenvalue weighted by Gasteiger charge is -2.33. The van der Waals surface area contributed by atoms with Crippen LogP contribution in [-0.4, -0.2) is 42.6 Å². The van der Waals surface area contributed by atoms with Crippen molar-refractivity contribution < 1.29 is 9.53 Å². The first kappa shape index (κ1) is 15.5. The molecule has 2 atom stereocenters. The monoisotopic (exact) mass is 340 g/mol. The smallest absolute Gasteiger partial charge is 0.242 e. The summed E-state index contributed by atoms with van der Waals surface area (Å²) in [5.74, 6) is 0.111. The predicted octanol–water partition coefficient (Wildman–Crippen LogP) is 2.17. The minimum absolute atomic E-state index is 0.0761. The van der Waals surface area contributed by atoms with Crippen molar-refractivity contribution in [3.05, 3.63) is 34.3 Å². The van der Waals surface area contributed by atoms with Crippen LogP contribution in [0.2, 0.25) is 0 Å². The molecule has 0 aromatic heterocycles. The zero-order chi connectivity index (χ0) is 14.5. The number of morpholine rings is 1. The van der Waals surface area contributed by atoms with E-state index in [1.165, 1.54) is 0 Å². The summed E-state index contributed by atoms with van der Waals surface area (Å²) >= 11 is 3.46. The molecule has 0 spiro atoms. The summed E-state index contributed by atoms with van der Waals surface area (Å²) in [6, 6.07) is 7.82. The molecular formula is C15H21BrN2O2. The van der Waals surface area contributed by atoms with Gasteiger partial charge in [0.1, 0.15) is 6.04 Å². The summed E-state index contributed by atoms with van der Waals surface area (Å²) < 4.78 is 6.59. The number of halogens is 1. The van der Waals surface area contributed by atoms with Gasteiger partial charge in [0.2, 0.25) is 5.91 Å². The third-order valence-corrected chi connectivity index (χ3v) is 4.03. The molecule has 1 aromatic carbocycles. The fourth-order valence-electron chi connectivity index (χ4n) is 2.41. The molecule has 2 rings (SSSR count). The highest BCUT2D eigenvalue weighted by molar-refractivity contribution is 9.10. The van der Waals surface area contributed by atoms with Crippen molar-refractivity contribution in [1.82, 2.24) is 10.2 Å². The van der Waals surface area contributed by atoms with Crippen molar-refractivity contribution in [3.63, 3.8) is 0 Å². The molecule has 1 amide bonds. The lowest BCUT2D eigenvalue weighted by Crippen LogP contribution is -2.56. The fraction of sp³-hybridized carbons (Fsp3) is 0.533. The number of amides is 1. The maximum absolute atomic E-state index is 12.6. The molecule has 1 N–H and O–H groups in total. The van der Waals surface area contributed by atoms with Crippen LogP contribution in [0.15, 0.2) is 28.7 Å². The van der Waals surface area contributed by atoms with E-state index in [4.69, 9.17) is 4.74 Å². The van der Waals surface area contributed by atoms with Gasteiger partial charge in [-0.3, -0.25) is 4.79 Å². The van der Waals surface area contributed by atoms with Crippen LogP contribution >= 0.6 is 15.9 Å². The molecule has 4 nitrogen and oxygen atoms in total.